The average Bonchev–Trinajstić information content (AvgIpc) is 2.09. The molecule has 0 aromatic heterocycles. The largest absolute Gasteiger partial charge is 0.240 e. The molecule has 4 heteroatoms. The van der Waals surface area contributed by atoms with Crippen LogP contribution in [-0.2, 0) is 4.79 Å². The van der Waals surface area contributed by atoms with E-state index in [2.05, 4.69) is 4.99 Å². The van der Waals surface area contributed by atoms with Gasteiger partial charge in [-0.1, -0.05) is 11.6 Å². The normalized spacial score (nSPS) is 9.17. The van der Waals surface area contributed by atoms with E-state index in [1.165, 1.54) is 6.08 Å². The van der Waals surface area contributed by atoms with Crippen LogP contribution < -0.4 is 0 Å². The maximum Gasteiger partial charge on any atom is 0.240 e. The molecular weight excluding hydrogens is 194 g/mol. The van der Waals surface area contributed by atoms with Gasteiger partial charge < -0.3 is 0 Å². The molecule has 1 aromatic rings. The molecule has 62 valence electrons. The summed E-state index contributed by atoms with van der Waals surface area (Å²) in [6.45, 7) is 0. The van der Waals surface area contributed by atoms with E-state index in [9.17, 15) is 4.79 Å². The molecular formula is C8H6ClNOS. The molecule has 1 aromatic carbocycles. The Bertz CT molecular complexity index is 334. The number of carbonyl (C=O) groups excluding carboxylic acids is 1. The molecule has 0 spiro atoms. The standard InChI is InChI=1S/C8H6ClNOS/c1-12-6-2-3-7(9)8(4-6)10-5-11/h2-4H,1H3. The second kappa shape index (κ2) is 4.31. The van der Waals surface area contributed by atoms with Gasteiger partial charge in [0.1, 0.15) is 0 Å². The van der Waals surface area contributed by atoms with Crippen LogP contribution in [0.2, 0.25) is 5.02 Å². The summed E-state index contributed by atoms with van der Waals surface area (Å²) in [5.41, 5.74) is 0.471. The highest BCUT2D eigenvalue weighted by molar-refractivity contribution is 7.98. The van der Waals surface area contributed by atoms with Crippen LogP contribution >= 0.6 is 23.4 Å². The Hall–Kier alpha value is -0.760. The molecule has 0 unspecified atom stereocenters. The van der Waals surface area contributed by atoms with Gasteiger partial charge in [-0.2, -0.15) is 4.99 Å². The number of aliphatic imine (C=N–C) groups is 1. The minimum absolute atomic E-state index is 0.469. The predicted octanol–water partition coefficient (Wildman–Crippen LogP) is 3.03. The van der Waals surface area contributed by atoms with Crippen molar-refractivity contribution >= 4 is 35.1 Å². The zero-order chi connectivity index (χ0) is 8.97. The van der Waals surface area contributed by atoms with Crippen LogP contribution in [0.4, 0.5) is 5.69 Å². The van der Waals surface area contributed by atoms with Crippen LogP contribution in [0.25, 0.3) is 0 Å². The number of halogens is 1. The smallest absolute Gasteiger partial charge is 0.211 e. The third-order valence-electron chi connectivity index (χ3n) is 1.32. The fraction of sp³-hybridized carbons (Fsp3) is 0.125. The number of hydrogen-bond acceptors (Lipinski definition) is 3. The van der Waals surface area contributed by atoms with Crippen molar-refractivity contribution in [3.63, 3.8) is 0 Å². The molecule has 0 radical (unpaired) electrons. The Morgan fingerprint density at radius 2 is 2.33 bits per heavy atom. The Labute approximate surface area is 79.6 Å². The van der Waals surface area contributed by atoms with Crippen LogP contribution in [0.5, 0.6) is 0 Å². The van der Waals surface area contributed by atoms with Gasteiger partial charge in [-0.3, -0.25) is 0 Å². The molecule has 0 bridgehead atoms. The highest BCUT2D eigenvalue weighted by Crippen LogP contribution is 2.28. The molecule has 0 aliphatic heterocycles. The van der Waals surface area contributed by atoms with Gasteiger partial charge in [0.25, 0.3) is 0 Å². The van der Waals surface area contributed by atoms with E-state index in [-0.39, 0.29) is 0 Å². The number of hydrogen-bond donors (Lipinski definition) is 0. The molecule has 2 nitrogen and oxygen atoms in total. The number of thioether (sulfide) groups is 1. The van der Waals surface area contributed by atoms with E-state index < -0.39 is 0 Å². The lowest BCUT2D eigenvalue weighted by molar-refractivity contribution is 0.565. The predicted molar refractivity (Wildman–Crippen MR) is 51.0 cm³/mol. The highest BCUT2D eigenvalue weighted by atomic mass is 35.5. The minimum Gasteiger partial charge on any atom is -0.211 e. The number of nitrogens with zero attached hydrogens (tertiary/aromatic N) is 1. The molecule has 0 N–H and O–H groups in total. The number of benzene rings is 1. The third-order valence-corrected chi connectivity index (χ3v) is 2.36. The minimum atomic E-state index is 0.469. The first-order chi connectivity index (χ1) is 5.77. The first-order valence-corrected chi connectivity index (χ1v) is 4.79. The van der Waals surface area contributed by atoms with Crippen molar-refractivity contribution in [1.29, 1.82) is 0 Å². The molecule has 0 saturated carbocycles. The molecule has 1 rings (SSSR count). The summed E-state index contributed by atoms with van der Waals surface area (Å²) in [6, 6.07) is 5.33. The van der Waals surface area contributed by atoms with Crippen LogP contribution in [0.3, 0.4) is 0 Å². The lowest BCUT2D eigenvalue weighted by Crippen LogP contribution is -1.71. The van der Waals surface area contributed by atoms with Gasteiger partial charge in [-0.25, -0.2) is 4.79 Å². The monoisotopic (exact) mass is 199 g/mol. The van der Waals surface area contributed by atoms with E-state index in [0.717, 1.165) is 4.90 Å². The molecule has 0 amide bonds. The average molecular weight is 200 g/mol. The van der Waals surface area contributed by atoms with Crippen LogP contribution in [0, 0.1) is 0 Å². The van der Waals surface area contributed by atoms with Crippen molar-refractivity contribution in [3.05, 3.63) is 23.2 Å². The van der Waals surface area contributed by atoms with E-state index in [4.69, 9.17) is 11.6 Å². The van der Waals surface area contributed by atoms with Crippen molar-refractivity contribution in [2.75, 3.05) is 6.26 Å². The first-order valence-electron chi connectivity index (χ1n) is 3.19. The van der Waals surface area contributed by atoms with Gasteiger partial charge in [-0.15, -0.1) is 11.8 Å². The topological polar surface area (TPSA) is 29.4 Å². The van der Waals surface area contributed by atoms with Crippen LogP contribution in [0.1, 0.15) is 0 Å². The van der Waals surface area contributed by atoms with Gasteiger partial charge in [0.05, 0.1) is 10.7 Å². The zero-order valence-corrected chi connectivity index (χ0v) is 7.95. The summed E-state index contributed by atoms with van der Waals surface area (Å²) >= 11 is 7.32. The lowest BCUT2D eigenvalue weighted by atomic mass is 10.3. The fourth-order valence-corrected chi connectivity index (χ4v) is 1.35. The van der Waals surface area contributed by atoms with Crippen molar-refractivity contribution in [2.24, 2.45) is 4.99 Å². The summed E-state index contributed by atoms with van der Waals surface area (Å²) in [5.74, 6) is 0. The molecule has 0 saturated heterocycles. The summed E-state index contributed by atoms with van der Waals surface area (Å²) in [4.78, 5) is 14.5. The summed E-state index contributed by atoms with van der Waals surface area (Å²) in [6.07, 6.45) is 3.40. The van der Waals surface area contributed by atoms with Gasteiger partial charge in [-0.05, 0) is 24.5 Å². The lowest BCUT2D eigenvalue weighted by Gasteiger charge is -1.98. The van der Waals surface area contributed by atoms with E-state index in [1.807, 2.05) is 12.3 Å². The van der Waals surface area contributed by atoms with Crippen molar-refractivity contribution in [3.8, 4) is 0 Å². The molecule has 0 aliphatic rings. The fourth-order valence-electron chi connectivity index (χ4n) is 0.754. The van der Waals surface area contributed by atoms with Crippen molar-refractivity contribution in [2.45, 2.75) is 4.90 Å². The van der Waals surface area contributed by atoms with Crippen LogP contribution in [-0.4, -0.2) is 12.3 Å². The first kappa shape index (κ1) is 9.33. The Morgan fingerprint density at radius 1 is 1.58 bits per heavy atom. The quantitative estimate of drug-likeness (QED) is 0.416. The summed E-state index contributed by atoms with van der Waals surface area (Å²) in [5, 5.41) is 0.469. The van der Waals surface area contributed by atoms with E-state index in [0.29, 0.717) is 10.7 Å². The molecule has 0 heterocycles. The maximum absolute atomic E-state index is 9.97. The Morgan fingerprint density at radius 3 is 2.92 bits per heavy atom. The van der Waals surface area contributed by atoms with Crippen molar-refractivity contribution in [1.82, 2.24) is 0 Å². The zero-order valence-electron chi connectivity index (χ0n) is 6.37. The summed E-state index contributed by atoms with van der Waals surface area (Å²) in [7, 11) is 0. The third kappa shape index (κ3) is 2.11. The van der Waals surface area contributed by atoms with Gasteiger partial charge >= 0.3 is 0 Å². The van der Waals surface area contributed by atoms with Crippen molar-refractivity contribution < 1.29 is 4.79 Å². The van der Waals surface area contributed by atoms with E-state index in [1.54, 1.807) is 23.9 Å². The maximum atomic E-state index is 9.97. The Kier molecular flexibility index (Phi) is 3.35. The number of isocyanates is 1. The molecule has 12 heavy (non-hydrogen) atoms. The highest BCUT2D eigenvalue weighted by Gasteiger charge is 1.99. The SMILES string of the molecule is CSc1ccc(Cl)c(N=C=O)c1. The van der Waals surface area contributed by atoms with Gasteiger partial charge in [0.2, 0.25) is 6.08 Å². The summed E-state index contributed by atoms with van der Waals surface area (Å²) < 4.78 is 0. The second-order valence-electron chi connectivity index (χ2n) is 2.02. The molecule has 0 atom stereocenters. The van der Waals surface area contributed by atoms with Gasteiger partial charge in [0.15, 0.2) is 0 Å². The second-order valence-corrected chi connectivity index (χ2v) is 3.31. The van der Waals surface area contributed by atoms with Crippen LogP contribution in [0.15, 0.2) is 28.1 Å². The molecule has 0 aliphatic carbocycles. The molecule has 0 fully saturated rings. The van der Waals surface area contributed by atoms with E-state index >= 15 is 0 Å². The van der Waals surface area contributed by atoms with Gasteiger partial charge in [0, 0.05) is 4.90 Å². The Balaban J connectivity index is 3.16. The number of rotatable bonds is 2.